The van der Waals surface area contributed by atoms with Gasteiger partial charge in [0.05, 0.1) is 13.5 Å². The lowest BCUT2D eigenvalue weighted by Gasteiger charge is -2.24. The van der Waals surface area contributed by atoms with E-state index in [0.717, 1.165) is 12.8 Å². The van der Waals surface area contributed by atoms with Crippen LogP contribution in [0, 0.1) is 5.92 Å². The molecular formula is C19H31N3O5. The molecule has 0 aromatic heterocycles. The molecule has 0 aromatic carbocycles. The molecule has 2 fully saturated rings. The van der Waals surface area contributed by atoms with Crippen LogP contribution in [0.4, 0.5) is 4.79 Å². The maximum atomic E-state index is 12.6. The summed E-state index contributed by atoms with van der Waals surface area (Å²) in [6, 6.07) is -0.348. The number of carbonyl (C=O) groups excluding carboxylic acids is 4. The number of hydrogen-bond donors (Lipinski definition) is 1. The second kappa shape index (κ2) is 9.19. The smallest absolute Gasteiger partial charge is 0.325 e. The molecule has 0 unspecified atom stereocenters. The van der Waals surface area contributed by atoms with Crippen molar-refractivity contribution in [2.45, 2.75) is 64.3 Å². The predicted octanol–water partition coefficient (Wildman–Crippen LogP) is 1.68. The zero-order valence-corrected chi connectivity index (χ0v) is 16.6. The van der Waals surface area contributed by atoms with Crippen molar-refractivity contribution in [3.05, 3.63) is 0 Å². The average Bonchev–Trinajstić information content (AvgIpc) is 3.18. The number of ether oxygens (including phenoxy) is 1. The molecule has 1 saturated carbocycles. The highest BCUT2D eigenvalue weighted by atomic mass is 16.5. The minimum absolute atomic E-state index is 0.0739. The fraction of sp³-hybridized carbons (Fsp3) is 0.789. The van der Waals surface area contributed by atoms with Crippen molar-refractivity contribution in [3.8, 4) is 0 Å². The highest BCUT2D eigenvalue weighted by Crippen LogP contribution is 2.35. The van der Waals surface area contributed by atoms with Gasteiger partial charge in [-0.05, 0) is 25.2 Å². The highest BCUT2D eigenvalue weighted by Gasteiger charge is 2.52. The van der Waals surface area contributed by atoms with E-state index in [9.17, 15) is 19.2 Å². The molecule has 0 aromatic rings. The first kappa shape index (κ1) is 21.2. The van der Waals surface area contributed by atoms with Gasteiger partial charge in [-0.3, -0.25) is 19.3 Å². The summed E-state index contributed by atoms with van der Waals surface area (Å²) < 4.78 is 4.64. The van der Waals surface area contributed by atoms with Gasteiger partial charge in [-0.2, -0.15) is 0 Å². The van der Waals surface area contributed by atoms with E-state index in [4.69, 9.17) is 0 Å². The number of urea groups is 1. The summed E-state index contributed by atoms with van der Waals surface area (Å²) in [4.78, 5) is 51.6. The summed E-state index contributed by atoms with van der Waals surface area (Å²) >= 11 is 0. The van der Waals surface area contributed by atoms with Gasteiger partial charge >= 0.3 is 12.0 Å². The fourth-order valence-electron chi connectivity index (χ4n) is 3.83. The summed E-state index contributed by atoms with van der Waals surface area (Å²) in [7, 11) is 1.33. The Hall–Kier alpha value is -2.12. The lowest BCUT2D eigenvalue weighted by Crippen LogP contribution is -2.44. The Morgan fingerprint density at radius 1 is 1.22 bits per heavy atom. The van der Waals surface area contributed by atoms with E-state index in [2.05, 4.69) is 10.1 Å². The third kappa shape index (κ3) is 5.20. The maximum absolute atomic E-state index is 12.6. The Kier molecular flexibility index (Phi) is 7.21. The van der Waals surface area contributed by atoms with Crippen molar-refractivity contribution >= 4 is 23.8 Å². The number of rotatable bonds is 9. The van der Waals surface area contributed by atoms with Gasteiger partial charge in [0.15, 0.2) is 0 Å². The molecule has 152 valence electrons. The molecule has 1 heterocycles. The van der Waals surface area contributed by atoms with Crippen LogP contribution < -0.4 is 5.32 Å². The summed E-state index contributed by atoms with van der Waals surface area (Å²) in [6.45, 7) is 5.13. The Labute approximate surface area is 160 Å². The van der Waals surface area contributed by atoms with Crippen molar-refractivity contribution in [1.29, 1.82) is 0 Å². The normalized spacial score (nSPS) is 18.3. The lowest BCUT2D eigenvalue weighted by molar-refractivity contribution is -0.142. The van der Waals surface area contributed by atoms with Gasteiger partial charge in [-0.25, -0.2) is 4.79 Å². The number of hydrogen-bond acceptors (Lipinski definition) is 5. The van der Waals surface area contributed by atoms with Gasteiger partial charge in [0.25, 0.3) is 5.91 Å². The van der Waals surface area contributed by atoms with Crippen LogP contribution >= 0.6 is 0 Å². The average molecular weight is 381 g/mol. The number of nitrogens with one attached hydrogen (secondary N) is 1. The van der Waals surface area contributed by atoms with E-state index < -0.39 is 5.54 Å². The summed E-state index contributed by atoms with van der Waals surface area (Å²) in [5.74, 6) is -0.296. The molecule has 8 heteroatoms. The lowest BCUT2D eigenvalue weighted by atomic mass is 9.98. The van der Waals surface area contributed by atoms with Crippen LogP contribution in [0.15, 0.2) is 0 Å². The van der Waals surface area contributed by atoms with Crippen LogP contribution in [0.2, 0.25) is 0 Å². The molecule has 8 nitrogen and oxygen atoms in total. The van der Waals surface area contributed by atoms with Gasteiger partial charge in [-0.15, -0.1) is 0 Å². The van der Waals surface area contributed by atoms with Gasteiger partial charge in [0.1, 0.15) is 5.54 Å². The molecule has 27 heavy (non-hydrogen) atoms. The molecule has 1 aliphatic heterocycles. The molecule has 0 radical (unpaired) electrons. The summed E-state index contributed by atoms with van der Waals surface area (Å²) in [5, 5.41) is 2.85. The molecule has 4 amide bonds. The molecular weight excluding hydrogens is 350 g/mol. The van der Waals surface area contributed by atoms with Crippen molar-refractivity contribution in [2.24, 2.45) is 5.92 Å². The summed E-state index contributed by atoms with van der Waals surface area (Å²) in [5.41, 5.74) is -0.703. The number of nitrogens with zero attached hydrogens (tertiary/aromatic N) is 2. The molecule has 0 bridgehead atoms. The number of imide groups is 1. The van der Waals surface area contributed by atoms with Gasteiger partial charge in [0, 0.05) is 26.1 Å². The third-order valence-electron chi connectivity index (χ3n) is 5.23. The minimum atomic E-state index is -0.703. The first-order valence-electron chi connectivity index (χ1n) is 9.78. The monoisotopic (exact) mass is 381 g/mol. The van der Waals surface area contributed by atoms with E-state index in [1.807, 2.05) is 13.8 Å². The van der Waals surface area contributed by atoms with Crippen LogP contribution in [0.25, 0.3) is 0 Å². The van der Waals surface area contributed by atoms with Crippen LogP contribution in [0.3, 0.4) is 0 Å². The Balaban J connectivity index is 1.84. The molecule has 2 rings (SSSR count). The van der Waals surface area contributed by atoms with Gasteiger partial charge in [-0.1, -0.05) is 26.7 Å². The van der Waals surface area contributed by atoms with E-state index in [1.165, 1.54) is 12.0 Å². The van der Waals surface area contributed by atoms with E-state index in [0.29, 0.717) is 32.4 Å². The molecule has 0 atom stereocenters. The second-order valence-electron chi connectivity index (χ2n) is 7.84. The Bertz CT molecular complexity index is 584. The van der Waals surface area contributed by atoms with Crippen LogP contribution in [0.5, 0.6) is 0 Å². The quantitative estimate of drug-likeness (QED) is 0.484. The van der Waals surface area contributed by atoms with Gasteiger partial charge in [0.2, 0.25) is 5.91 Å². The zero-order valence-electron chi connectivity index (χ0n) is 16.6. The van der Waals surface area contributed by atoms with Crippen molar-refractivity contribution in [3.63, 3.8) is 0 Å². The van der Waals surface area contributed by atoms with Crippen LogP contribution in [-0.4, -0.2) is 65.9 Å². The molecule has 1 aliphatic carbocycles. The molecule has 2 aliphatic rings. The van der Waals surface area contributed by atoms with Crippen molar-refractivity contribution in [1.82, 2.24) is 15.1 Å². The van der Waals surface area contributed by atoms with Crippen LogP contribution in [-0.2, 0) is 19.1 Å². The third-order valence-corrected chi connectivity index (χ3v) is 5.23. The van der Waals surface area contributed by atoms with Crippen molar-refractivity contribution < 1.29 is 23.9 Å². The molecule has 1 saturated heterocycles. The minimum Gasteiger partial charge on any atom is -0.469 e. The second-order valence-corrected chi connectivity index (χ2v) is 7.84. The largest absolute Gasteiger partial charge is 0.469 e. The van der Waals surface area contributed by atoms with E-state index >= 15 is 0 Å². The number of amides is 4. The highest BCUT2D eigenvalue weighted by molar-refractivity contribution is 6.07. The maximum Gasteiger partial charge on any atom is 0.325 e. The topological polar surface area (TPSA) is 96.0 Å². The SMILES string of the molecule is COC(=O)CCN(CC(C)C)C(=O)CCCN1C(=O)NC2(CCCC2)C1=O. The number of carbonyl (C=O) groups is 4. The first-order valence-corrected chi connectivity index (χ1v) is 9.78. The Morgan fingerprint density at radius 3 is 2.48 bits per heavy atom. The number of methoxy groups -OCH3 is 1. The standard InChI is InChI=1S/C19H31N3O5/c1-14(2)13-21(12-8-16(24)27-3)15(23)7-6-11-22-17(25)19(20-18(22)26)9-4-5-10-19/h14H,4-13H2,1-3H3,(H,20,26). The Morgan fingerprint density at radius 2 is 1.89 bits per heavy atom. The van der Waals surface area contributed by atoms with Gasteiger partial charge < -0.3 is 15.0 Å². The predicted molar refractivity (Wildman–Crippen MR) is 98.7 cm³/mol. The summed E-state index contributed by atoms with van der Waals surface area (Å²) in [6.07, 6.45) is 4.10. The molecule has 1 N–H and O–H groups in total. The van der Waals surface area contributed by atoms with E-state index in [-0.39, 0.29) is 49.1 Å². The number of esters is 1. The van der Waals surface area contributed by atoms with Crippen molar-refractivity contribution in [2.75, 3.05) is 26.7 Å². The van der Waals surface area contributed by atoms with Crippen LogP contribution in [0.1, 0.15) is 58.8 Å². The zero-order chi connectivity index (χ0) is 20.0. The fourth-order valence-corrected chi connectivity index (χ4v) is 3.83. The molecule has 1 spiro atoms. The van der Waals surface area contributed by atoms with E-state index in [1.54, 1.807) is 4.90 Å². The first-order chi connectivity index (χ1) is 12.8.